The lowest BCUT2D eigenvalue weighted by Gasteiger charge is -2.34. The molecule has 0 spiro atoms. The van der Waals surface area contributed by atoms with Crippen molar-refractivity contribution in [3.05, 3.63) is 36.5 Å². The van der Waals surface area contributed by atoms with E-state index < -0.39 is 0 Å². The van der Waals surface area contributed by atoms with E-state index >= 15 is 0 Å². The van der Waals surface area contributed by atoms with Gasteiger partial charge in [-0.05, 0) is 31.4 Å². The zero-order valence-corrected chi connectivity index (χ0v) is 13.9. The fourth-order valence-corrected chi connectivity index (χ4v) is 2.37. The highest BCUT2D eigenvalue weighted by atomic mass is 16.5. The van der Waals surface area contributed by atoms with E-state index in [9.17, 15) is 0 Å². The molecule has 0 atom stereocenters. The number of nitrogens with one attached hydrogen (secondary N) is 1. The third kappa shape index (κ3) is 5.06. The van der Waals surface area contributed by atoms with Crippen molar-refractivity contribution in [1.82, 2.24) is 4.90 Å². The molecule has 1 heterocycles. The number of hydrogen-bond acceptors (Lipinski definition) is 4. The molecule has 0 aliphatic carbocycles. The Morgan fingerprint density at radius 1 is 1.24 bits per heavy atom. The zero-order valence-electron chi connectivity index (χ0n) is 13.9. The molecule has 0 aromatic heterocycles. The van der Waals surface area contributed by atoms with E-state index in [1.165, 1.54) is 11.3 Å². The molecule has 118 valence electrons. The fraction of sp³-hybridized carbons (Fsp3) is 0.529. The van der Waals surface area contributed by atoms with E-state index in [0.717, 1.165) is 31.9 Å². The van der Waals surface area contributed by atoms with E-state index in [-0.39, 0.29) is 0 Å². The van der Waals surface area contributed by atoms with Crippen molar-refractivity contribution >= 4 is 11.4 Å². The Morgan fingerprint density at radius 3 is 2.48 bits per heavy atom. The number of likely N-dealkylation sites (N-methyl/N-ethyl adjacent to an activating group) is 1. The van der Waals surface area contributed by atoms with Crippen molar-refractivity contribution in [2.24, 2.45) is 0 Å². The first-order chi connectivity index (χ1) is 10.2. The van der Waals surface area contributed by atoms with Crippen LogP contribution in [0.15, 0.2) is 31.0 Å². The van der Waals surface area contributed by atoms with Gasteiger partial charge in [0.1, 0.15) is 0 Å². The van der Waals surface area contributed by atoms with Crippen LogP contribution in [0.5, 0.6) is 0 Å². The summed E-state index contributed by atoms with van der Waals surface area (Å²) in [5, 5.41) is 3.16. The van der Waals surface area contributed by atoms with E-state index in [1.54, 1.807) is 13.3 Å². The summed E-state index contributed by atoms with van der Waals surface area (Å²) in [5.74, 6) is 0. The molecule has 0 radical (unpaired) electrons. The predicted octanol–water partition coefficient (Wildman–Crippen LogP) is 3.17. The quantitative estimate of drug-likeness (QED) is 0.902. The van der Waals surface area contributed by atoms with Crippen molar-refractivity contribution in [2.45, 2.75) is 20.5 Å². The van der Waals surface area contributed by atoms with Crippen LogP contribution >= 0.6 is 0 Å². The van der Waals surface area contributed by atoms with E-state index in [1.807, 2.05) is 13.8 Å². The van der Waals surface area contributed by atoms with Crippen LogP contribution in [0.2, 0.25) is 0 Å². The number of anilines is 2. The first-order valence-electron chi connectivity index (χ1n) is 7.67. The molecule has 0 bridgehead atoms. The summed E-state index contributed by atoms with van der Waals surface area (Å²) in [6.07, 6.45) is 1.70. The first kappa shape index (κ1) is 17.5. The number of piperazine rings is 1. The molecule has 1 aromatic rings. The van der Waals surface area contributed by atoms with Gasteiger partial charge < -0.3 is 19.9 Å². The largest absolute Gasteiger partial charge is 0.380 e. The summed E-state index contributed by atoms with van der Waals surface area (Å²) in [4.78, 5) is 4.79. The Labute approximate surface area is 129 Å². The average molecular weight is 291 g/mol. The van der Waals surface area contributed by atoms with Crippen LogP contribution in [-0.2, 0) is 11.3 Å². The lowest BCUT2D eigenvalue weighted by molar-refractivity contribution is 0.185. The number of rotatable bonds is 5. The maximum absolute atomic E-state index is 5.27. The van der Waals surface area contributed by atoms with Crippen LogP contribution in [0.25, 0.3) is 0 Å². The Morgan fingerprint density at radius 2 is 1.90 bits per heavy atom. The fourth-order valence-electron chi connectivity index (χ4n) is 2.37. The second kappa shape index (κ2) is 9.42. The average Bonchev–Trinajstić information content (AvgIpc) is 2.52. The Kier molecular flexibility index (Phi) is 7.87. The molecular weight excluding hydrogens is 262 g/mol. The smallest absolute Gasteiger partial charge is 0.0734 e. The minimum Gasteiger partial charge on any atom is -0.380 e. The summed E-state index contributed by atoms with van der Waals surface area (Å²) >= 11 is 0. The molecule has 1 aromatic carbocycles. The van der Waals surface area contributed by atoms with Gasteiger partial charge in [-0.2, -0.15) is 0 Å². The van der Waals surface area contributed by atoms with Gasteiger partial charge in [0.2, 0.25) is 0 Å². The van der Waals surface area contributed by atoms with Gasteiger partial charge in [-0.15, -0.1) is 0 Å². The van der Waals surface area contributed by atoms with Crippen molar-refractivity contribution in [3.63, 3.8) is 0 Å². The van der Waals surface area contributed by atoms with Crippen LogP contribution in [0.3, 0.4) is 0 Å². The Balaban J connectivity index is 0.00000106. The van der Waals surface area contributed by atoms with Gasteiger partial charge in [-0.1, -0.05) is 20.4 Å². The summed E-state index contributed by atoms with van der Waals surface area (Å²) in [6.45, 7) is 12.7. The molecule has 1 saturated heterocycles. The predicted molar refractivity (Wildman–Crippen MR) is 92.0 cm³/mol. The van der Waals surface area contributed by atoms with Gasteiger partial charge in [0.15, 0.2) is 0 Å². The molecule has 0 amide bonds. The van der Waals surface area contributed by atoms with Crippen LogP contribution in [0.4, 0.5) is 11.4 Å². The second-order valence-corrected chi connectivity index (χ2v) is 4.91. The number of hydrogen-bond donors (Lipinski definition) is 1. The van der Waals surface area contributed by atoms with Gasteiger partial charge in [0.25, 0.3) is 0 Å². The third-order valence-corrected chi connectivity index (χ3v) is 3.51. The number of nitrogens with zero attached hydrogens (tertiary/aromatic N) is 2. The van der Waals surface area contributed by atoms with Crippen LogP contribution in [-0.4, -0.2) is 45.2 Å². The molecule has 1 fully saturated rings. The van der Waals surface area contributed by atoms with Gasteiger partial charge in [0, 0.05) is 50.2 Å². The third-order valence-electron chi connectivity index (χ3n) is 3.51. The van der Waals surface area contributed by atoms with Gasteiger partial charge in [0.05, 0.1) is 6.61 Å². The van der Waals surface area contributed by atoms with Crippen LogP contribution < -0.4 is 10.2 Å². The normalized spacial score (nSPS) is 15.1. The number of ether oxygens (including phenoxy) is 1. The minimum atomic E-state index is 0.609. The topological polar surface area (TPSA) is 27.7 Å². The molecule has 0 unspecified atom stereocenters. The Bertz CT molecular complexity index is 426. The molecule has 21 heavy (non-hydrogen) atoms. The van der Waals surface area contributed by atoms with Crippen molar-refractivity contribution in [2.75, 3.05) is 50.6 Å². The highest BCUT2D eigenvalue weighted by Crippen LogP contribution is 2.25. The van der Waals surface area contributed by atoms with Gasteiger partial charge >= 0.3 is 0 Å². The molecule has 1 aliphatic heterocycles. The lowest BCUT2D eigenvalue weighted by atomic mass is 10.1. The van der Waals surface area contributed by atoms with Crippen molar-refractivity contribution in [1.29, 1.82) is 0 Å². The molecule has 1 aliphatic rings. The summed E-state index contributed by atoms with van der Waals surface area (Å²) in [5.41, 5.74) is 3.50. The number of benzene rings is 1. The van der Waals surface area contributed by atoms with E-state index in [0.29, 0.717) is 6.61 Å². The molecule has 0 saturated carbocycles. The molecule has 2 rings (SSSR count). The zero-order chi connectivity index (χ0) is 15.7. The molecular formula is C17H29N3O. The minimum absolute atomic E-state index is 0.609. The van der Waals surface area contributed by atoms with Crippen molar-refractivity contribution in [3.8, 4) is 0 Å². The maximum Gasteiger partial charge on any atom is 0.0734 e. The molecule has 4 nitrogen and oxygen atoms in total. The molecule has 4 heteroatoms. The van der Waals surface area contributed by atoms with Gasteiger partial charge in [-0.25, -0.2) is 0 Å². The highest BCUT2D eigenvalue weighted by Gasteiger charge is 2.15. The lowest BCUT2D eigenvalue weighted by Crippen LogP contribution is -2.44. The monoisotopic (exact) mass is 291 g/mol. The van der Waals surface area contributed by atoms with Crippen LogP contribution in [0.1, 0.15) is 19.4 Å². The second-order valence-electron chi connectivity index (χ2n) is 4.91. The standard InChI is InChI=1S/C15H23N3O.C2H6/c1-4-16-15-6-5-14(11-13(15)12-19-3)18-9-7-17(2)8-10-18;1-2/h4-6,11,16H,1,7-10,12H2,2-3H3;1-2H3. The highest BCUT2D eigenvalue weighted by molar-refractivity contribution is 5.61. The van der Waals surface area contributed by atoms with E-state index in [2.05, 4.69) is 46.9 Å². The first-order valence-corrected chi connectivity index (χ1v) is 7.67. The maximum atomic E-state index is 5.27. The van der Waals surface area contributed by atoms with Gasteiger partial charge in [-0.3, -0.25) is 0 Å². The number of methoxy groups -OCH3 is 1. The summed E-state index contributed by atoms with van der Waals surface area (Å²) in [6, 6.07) is 6.47. The Hall–Kier alpha value is -1.52. The van der Waals surface area contributed by atoms with Crippen LogP contribution in [0, 0.1) is 0 Å². The van der Waals surface area contributed by atoms with Crippen molar-refractivity contribution < 1.29 is 4.74 Å². The SMILES string of the molecule is C=CNc1ccc(N2CCN(C)CC2)cc1COC.CC. The molecule has 1 N–H and O–H groups in total. The summed E-state index contributed by atoms with van der Waals surface area (Å²) < 4.78 is 5.27. The summed E-state index contributed by atoms with van der Waals surface area (Å²) in [7, 11) is 3.89. The van der Waals surface area contributed by atoms with E-state index in [4.69, 9.17) is 4.74 Å².